The number of nitrogens with one attached hydrogen (secondary N) is 2. The summed E-state index contributed by atoms with van der Waals surface area (Å²) in [5, 5.41) is 13.0. The molecule has 186 valence electrons. The van der Waals surface area contributed by atoms with Gasteiger partial charge >= 0.3 is 0 Å². The van der Waals surface area contributed by atoms with Crippen molar-refractivity contribution < 1.29 is 0 Å². The number of thiophene rings is 1. The molecule has 1 aliphatic rings. The largest absolute Gasteiger partial charge is 0.337 e. The van der Waals surface area contributed by atoms with Gasteiger partial charge in [0, 0.05) is 10.9 Å². The highest BCUT2D eigenvalue weighted by Gasteiger charge is 2.17. The number of rotatable bonds is 7. The molecule has 0 saturated heterocycles. The highest BCUT2D eigenvalue weighted by Crippen LogP contribution is 2.34. The maximum Gasteiger partial charge on any atom is 0.159 e. The van der Waals surface area contributed by atoms with Crippen molar-refractivity contribution in [3.8, 4) is 22.6 Å². The van der Waals surface area contributed by atoms with Gasteiger partial charge in [0.15, 0.2) is 5.82 Å². The van der Waals surface area contributed by atoms with Gasteiger partial charge in [0.2, 0.25) is 0 Å². The standard InChI is InChI=1S/C31H31N5S/c1-3-20(15-21-9-6-5-7-10-21)16-22(4-2)27-17-25-28(18-32-27)35-36-30(25)31-33-26-12-8-11-24(29(26)34-31)23-13-14-37-19-23/h3-4,8,11-14,16-19,21H,1,5-7,9-10,15H2,2H3,(H,33,34)(H,35,36)/b20-16+,22-4+. The predicted octanol–water partition coefficient (Wildman–Crippen LogP) is 8.72. The summed E-state index contributed by atoms with van der Waals surface area (Å²) in [6, 6.07) is 10.5. The van der Waals surface area contributed by atoms with Crippen LogP contribution in [0, 0.1) is 5.92 Å². The van der Waals surface area contributed by atoms with Gasteiger partial charge in [-0.1, -0.05) is 63.0 Å². The highest BCUT2D eigenvalue weighted by molar-refractivity contribution is 7.08. The van der Waals surface area contributed by atoms with E-state index < -0.39 is 0 Å². The van der Waals surface area contributed by atoms with E-state index in [2.05, 4.69) is 81.9 Å². The fraction of sp³-hybridized carbons (Fsp3) is 0.258. The van der Waals surface area contributed by atoms with E-state index in [4.69, 9.17) is 9.97 Å². The number of fused-ring (bicyclic) bond motifs is 2. The van der Waals surface area contributed by atoms with E-state index in [1.807, 2.05) is 12.3 Å². The first-order chi connectivity index (χ1) is 18.2. The lowest BCUT2D eigenvalue weighted by atomic mass is 9.84. The van der Waals surface area contributed by atoms with Crippen molar-refractivity contribution >= 4 is 38.8 Å². The number of benzene rings is 1. The Labute approximate surface area is 221 Å². The van der Waals surface area contributed by atoms with Crippen LogP contribution in [0.25, 0.3) is 50.2 Å². The summed E-state index contributed by atoms with van der Waals surface area (Å²) in [5.41, 5.74) is 9.27. The number of H-pyrrole nitrogens is 2. The molecular weight excluding hydrogens is 474 g/mol. The molecule has 37 heavy (non-hydrogen) atoms. The van der Waals surface area contributed by atoms with Crippen molar-refractivity contribution in [2.75, 3.05) is 0 Å². The van der Waals surface area contributed by atoms with E-state index in [9.17, 15) is 0 Å². The minimum absolute atomic E-state index is 0.753. The number of imidazole rings is 1. The Morgan fingerprint density at radius 1 is 1.16 bits per heavy atom. The third-order valence-corrected chi connectivity index (χ3v) is 8.16. The number of aromatic nitrogens is 5. The van der Waals surface area contributed by atoms with Crippen LogP contribution < -0.4 is 0 Å². The molecule has 5 aromatic rings. The Hall–Kier alpha value is -3.77. The molecule has 0 bridgehead atoms. The molecule has 1 aliphatic carbocycles. The van der Waals surface area contributed by atoms with Crippen LogP contribution in [-0.2, 0) is 0 Å². The Bertz CT molecular complexity index is 1610. The minimum Gasteiger partial charge on any atom is -0.337 e. The van der Waals surface area contributed by atoms with Gasteiger partial charge in [-0.15, -0.1) is 0 Å². The van der Waals surface area contributed by atoms with E-state index in [1.54, 1.807) is 11.3 Å². The van der Waals surface area contributed by atoms with Crippen molar-refractivity contribution in [1.82, 2.24) is 25.1 Å². The maximum atomic E-state index is 4.99. The van der Waals surface area contributed by atoms with Gasteiger partial charge in [-0.25, -0.2) is 4.98 Å². The van der Waals surface area contributed by atoms with Crippen LogP contribution in [0.3, 0.4) is 0 Å². The van der Waals surface area contributed by atoms with Crippen LogP contribution in [0.4, 0.5) is 0 Å². The quantitative estimate of drug-likeness (QED) is 0.217. The zero-order valence-corrected chi connectivity index (χ0v) is 21.9. The van der Waals surface area contributed by atoms with E-state index in [1.165, 1.54) is 43.2 Å². The third-order valence-electron chi connectivity index (χ3n) is 7.48. The fourth-order valence-corrected chi connectivity index (χ4v) is 6.14. The molecule has 0 aliphatic heterocycles. The summed E-state index contributed by atoms with van der Waals surface area (Å²) < 4.78 is 0. The van der Waals surface area contributed by atoms with E-state index in [0.29, 0.717) is 0 Å². The van der Waals surface area contributed by atoms with Crippen molar-refractivity contribution in [2.24, 2.45) is 5.92 Å². The Morgan fingerprint density at radius 2 is 2.05 bits per heavy atom. The number of hydrogen-bond donors (Lipinski definition) is 2. The van der Waals surface area contributed by atoms with Gasteiger partial charge in [-0.05, 0) is 71.0 Å². The van der Waals surface area contributed by atoms with Gasteiger partial charge in [0.05, 0.1) is 28.4 Å². The number of pyridine rings is 1. The van der Waals surface area contributed by atoms with E-state index >= 15 is 0 Å². The predicted molar refractivity (Wildman–Crippen MR) is 155 cm³/mol. The molecule has 1 fully saturated rings. The second kappa shape index (κ2) is 10.3. The summed E-state index contributed by atoms with van der Waals surface area (Å²) in [5.74, 6) is 1.52. The molecule has 0 radical (unpaired) electrons. The molecule has 6 rings (SSSR count). The monoisotopic (exact) mass is 505 g/mol. The van der Waals surface area contributed by atoms with Gasteiger partial charge in [0.1, 0.15) is 5.69 Å². The lowest BCUT2D eigenvalue weighted by Gasteiger charge is -2.22. The Balaban J connectivity index is 1.36. The zero-order chi connectivity index (χ0) is 25.2. The SMILES string of the molecule is C=C/C(=C\C(=C/C)c1cc2c(-c3nc4c(-c5ccsc5)cccc4[nH]3)n[nH]c2cn1)CC1CCCCC1. The summed E-state index contributed by atoms with van der Waals surface area (Å²) in [6.07, 6.45) is 16.1. The molecule has 0 amide bonds. The number of nitrogens with zero attached hydrogens (tertiary/aromatic N) is 3. The van der Waals surface area contributed by atoms with E-state index in [0.717, 1.165) is 62.6 Å². The summed E-state index contributed by atoms with van der Waals surface area (Å²) in [4.78, 5) is 13.2. The molecule has 0 unspecified atom stereocenters. The maximum absolute atomic E-state index is 4.99. The van der Waals surface area contributed by atoms with Crippen molar-refractivity contribution in [2.45, 2.75) is 45.4 Å². The second-order valence-electron chi connectivity index (χ2n) is 9.86. The Kier molecular flexibility index (Phi) is 6.58. The molecule has 0 atom stereocenters. The van der Waals surface area contributed by atoms with E-state index in [-0.39, 0.29) is 0 Å². The summed E-state index contributed by atoms with van der Waals surface area (Å²) in [7, 11) is 0. The average Bonchev–Trinajstić information content (AvgIpc) is 3.70. The molecular formula is C31H31N5S. The number of hydrogen-bond acceptors (Lipinski definition) is 4. The highest BCUT2D eigenvalue weighted by atomic mass is 32.1. The lowest BCUT2D eigenvalue weighted by Crippen LogP contribution is -2.06. The van der Waals surface area contributed by atoms with Crippen LogP contribution in [0.5, 0.6) is 0 Å². The van der Waals surface area contributed by atoms with Crippen molar-refractivity contribution in [3.63, 3.8) is 0 Å². The normalized spacial score (nSPS) is 15.6. The first-order valence-corrected chi connectivity index (χ1v) is 14.0. The molecule has 0 spiro atoms. The molecule has 5 nitrogen and oxygen atoms in total. The van der Waals surface area contributed by atoms with Gasteiger partial charge in [-0.3, -0.25) is 10.1 Å². The third kappa shape index (κ3) is 4.69. The molecule has 6 heteroatoms. The fourth-order valence-electron chi connectivity index (χ4n) is 5.48. The van der Waals surface area contributed by atoms with Gasteiger partial charge in [0.25, 0.3) is 0 Å². The molecule has 1 aromatic carbocycles. The minimum atomic E-state index is 0.753. The van der Waals surface area contributed by atoms with Crippen molar-refractivity contribution in [3.05, 3.63) is 83.4 Å². The Morgan fingerprint density at radius 3 is 2.84 bits per heavy atom. The first kappa shape index (κ1) is 23.6. The molecule has 1 saturated carbocycles. The first-order valence-electron chi connectivity index (χ1n) is 13.1. The van der Waals surface area contributed by atoms with Gasteiger partial charge < -0.3 is 4.98 Å². The van der Waals surface area contributed by atoms with Crippen LogP contribution in [0.2, 0.25) is 0 Å². The number of aromatic amines is 2. The summed E-state index contributed by atoms with van der Waals surface area (Å²) >= 11 is 1.69. The van der Waals surface area contributed by atoms with Crippen LogP contribution in [0.1, 0.15) is 51.1 Å². The molecule has 2 N–H and O–H groups in total. The van der Waals surface area contributed by atoms with Crippen LogP contribution in [0.15, 0.2) is 77.7 Å². The number of allylic oxidation sites excluding steroid dienone is 5. The smallest absolute Gasteiger partial charge is 0.159 e. The summed E-state index contributed by atoms with van der Waals surface area (Å²) in [6.45, 7) is 6.18. The lowest BCUT2D eigenvalue weighted by molar-refractivity contribution is 0.358. The van der Waals surface area contributed by atoms with Crippen molar-refractivity contribution in [1.29, 1.82) is 0 Å². The number of para-hydroxylation sites is 1. The van der Waals surface area contributed by atoms with Gasteiger partial charge in [-0.2, -0.15) is 16.4 Å². The van der Waals surface area contributed by atoms with Crippen LogP contribution in [-0.4, -0.2) is 25.1 Å². The van der Waals surface area contributed by atoms with Crippen LogP contribution >= 0.6 is 11.3 Å². The molecule has 4 aromatic heterocycles. The molecule has 4 heterocycles. The second-order valence-corrected chi connectivity index (χ2v) is 10.6. The average molecular weight is 506 g/mol. The topological polar surface area (TPSA) is 70.2 Å². The zero-order valence-electron chi connectivity index (χ0n) is 21.1.